The molecule has 2 aromatic carbocycles. The summed E-state index contributed by atoms with van der Waals surface area (Å²) in [5.74, 6) is 1.38. The molecule has 0 fully saturated rings. The highest BCUT2D eigenvalue weighted by molar-refractivity contribution is 7.99. The molecule has 4 aromatic rings. The Morgan fingerprint density at radius 2 is 1.89 bits per heavy atom. The maximum absolute atomic E-state index is 12.2. The van der Waals surface area contributed by atoms with Crippen molar-refractivity contribution in [3.63, 3.8) is 0 Å². The Morgan fingerprint density at radius 1 is 1.11 bits per heavy atom. The van der Waals surface area contributed by atoms with Crippen LogP contribution in [0.4, 0.5) is 0 Å². The Bertz CT molecular complexity index is 1340. The minimum atomic E-state index is -0.120. The molecular formula is C27H28N6OS. The van der Waals surface area contributed by atoms with Gasteiger partial charge in [0.05, 0.1) is 29.5 Å². The van der Waals surface area contributed by atoms with Crippen molar-refractivity contribution in [3.8, 4) is 28.7 Å². The summed E-state index contributed by atoms with van der Waals surface area (Å²) in [5.41, 5.74) is 3.78. The Hall–Kier alpha value is -3.70. The van der Waals surface area contributed by atoms with Gasteiger partial charge in [-0.1, -0.05) is 74.1 Å². The molecule has 2 heterocycles. The van der Waals surface area contributed by atoms with Crippen LogP contribution < -0.4 is 5.32 Å². The van der Waals surface area contributed by atoms with Crippen LogP contribution in [0.5, 0.6) is 0 Å². The second-order valence-corrected chi connectivity index (χ2v) is 9.57. The van der Waals surface area contributed by atoms with E-state index in [0.29, 0.717) is 24.0 Å². The van der Waals surface area contributed by atoms with Crippen LogP contribution in [-0.2, 0) is 11.3 Å². The number of rotatable bonds is 10. The van der Waals surface area contributed by atoms with Gasteiger partial charge in [-0.2, -0.15) is 5.26 Å². The molecule has 1 N–H and O–H groups in total. The van der Waals surface area contributed by atoms with Crippen molar-refractivity contribution in [2.75, 3.05) is 12.3 Å². The van der Waals surface area contributed by atoms with Crippen LogP contribution >= 0.6 is 11.8 Å². The third-order valence-corrected chi connectivity index (χ3v) is 6.53. The van der Waals surface area contributed by atoms with E-state index in [1.54, 1.807) is 0 Å². The van der Waals surface area contributed by atoms with Crippen LogP contribution in [0.25, 0.3) is 33.5 Å². The molecule has 0 aliphatic heterocycles. The fraction of sp³-hybridized carbons (Fsp3) is 0.296. The number of hydrogen-bond donors (Lipinski definition) is 1. The van der Waals surface area contributed by atoms with E-state index in [4.69, 9.17) is 10.2 Å². The highest BCUT2D eigenvalue weighted by Gasteiger charge is 2.19. The van der Waals surface area contributed by atoms with Crippen LogP contribution in [0.15, 0.2) is 65.8 Å². The molecule has 0 saturated heterocycles. The number of aromatic nitrogens is 4. The zero-order valence-electron chi connectivity index (χ0n) is 19.9. The van der Waals surface area contributed by atoms with Crippen molar-refractivity contribution < 1.29 is 4.79 Å². The van der Waals surface area contributed by atoms with Crippen molar-refractivity contribution in [1.82, 2.24) is 25.1 Å². The maximum Gasteiger partial charge on any atom is 0.230 e. The zero-order chi connectivity index (χ0) is 24.6. The number of hydrogen-bond acceptors (Lipinski definition) is 6. The number of nitrogens with zero attached hydrogens (tertiary/aromatic N) is 5. The van der Waals surface area contributed by atoms with E-state index in [-0.39, 0.29) is 11.7 Å². The van der Waals surface area contributed by atoms with E-state index in [2.05, 4.69) is 58.2 Å². The van der Waals surface area contributed by atoms with Gasteiger partial charge in [-0.3, -0.25) is 4.79 Å². The zero-order valence-corrected chi connectivity index (χ0v) is 20.8. The van der Waals surface area contributed by atoms with Gasteiger partial charge in [-0.25, -0.2) is 4.98 Å². The van der Waals surface area contributed by atoms with E-state index in [1.807, 2.05) is 42.5 Å². The van der Waals surface area contributed by atoms with Crippen molar-refractivity contribution in [3.05, 3.63) is 60.7 Å². The average Bonchev–Trinajstić information content (AvgIpc) is 3.28. The number of para-hydroxylation sites is 1. The van der Waals surface area contributed by atoms with E-state index >= 15 is 0 Å². The van der Waals surface area contributed by atoms with Crippen molar-refractivity contribution >= 4 is 28.6 Å². The standard InChI is InChI=1S/C27H28N6OS/c1-19(2)13-16-33-26(31-32-27(33)35-18-25(34)29-15-8-14-28)22-17-24(20-9-4-3-5-10-20)30-23-12-7-6-11-21(22)23/h3-7,9-12,17,19H,8,13,15-16,18H2,1-2H3,(H,29,34). The molecule has 0 aliphatic carbocycles. The van der Waals surface area contributed by atoms with Gasteiger partial charge in [0.25, 0.3) is 0 Å². The summed E-state index contributed by atoms with van der Waals surface area (Å²) in [5, 5.41) is 22.2. The number of carbonyl (C=O) groups excluding carboxylic acids is 1. The van der Waals surface area contributed by atoms with Crippen LogP contribution in [-0.4, -0.2) is 38.0 Å². The lowest BCUT2D eigenvalue weighted by atomic mass is 10.0. The molecule has 35 heavy (non-hydrogen) atoms. The van der Waals surface area contributed by atoms with Gasteiger partial charge in [0.15, 0.2) is 11.0 Å². The molecule has 0 bridgehead atoms. The summed E-state index contributed by atoms with van der Waals surface area (Å²) in [6.45, 7) is 5.48. The third kappa shape index (κ3) is 6.06. The van der Waals surface area contributed by atoms with Crippen LogP contribution in [0.3, 0.4) is 0 Å². The van der Waals surface area contributed by atoms with Gasteiger partial charge in [-0.15, -0.1) is 10.2 Å². The minimum absolute atomic E-state index is 0.120. The third-order valence-electron chi connectivity index (χ3n) is 5.56. The lowest BCUT2D eigenvalue weighted by molar-refractivity contribution is -0.118. The van der Waals surface area contributed by atoms with Crippen molar-refractivity contribution in [2.45, 2.75) is 38.4 Å². The number of pyridine rings is 1. The monoisotopic (exact) mass is 484 g/mol. The van der Waals surface area contributed by atoms with Crippen LogP contribution in [0, 0.1) is 17.2 Å². The fourth-order valence-electron chi connectivity index (χ4n) is 3.74. The van der Waals surface area contributed by atoms with Crippen molar-refractivity contribution in [1.29, 1.82) is 5.26 Å². The highest BCUT2D eigenvalue weighted by Crippen LogP contribution is 2.33. The molecule has 0 radical (unpaired) electrons. The molecule has 0 unspecified atom stereocenters. The first kappa shape index (κ1) is 24.4. The summed E-state index contributed by atoms with van der Waals surface area (Å²) in [6.07, 6.45) is 1.26. The van der Waals surface area contributed by atoms with Gasteiger partial charge >= 0.3 is 0 Å². The quantitative estimate of drug-likeness (QED) is 0.241. The molecule has 4 rings (SSSR count). The Kier molecular flexibility index (Phi) is 8.11. The van der Waals surface area contributed by atoms with Crippen LogP contribution in [0.1, 0.15) is 26.7 Å². The predicted molar refractivity (Wildman–Crippen MR) is 140 cm³/mol. The molecule has 0 atom stereocenters. The van der Waals surface area contributed by atoms with Gasteiger partial charge in [0.2, 0.25) is 5.91 Å². The fourth-order valence-corrected chi connectivity index (χ4v) is 4.53. The maximum atomic E-state index is 12.2. The first-order valence-electron chi connectivity index (χ1n) is 11.7. The Morgan fingerprint density at radius 3 is 2.66 bits per heavy atom. The Labute approximate surface area is 209 Å². The highest BCUT2D eigenvalue weighted by atomic mass is 32.2. The van der Waals surface area contributed by atoms with Gasteiger partial charge in [-0.05, 0) is 24.5 Å². The molecule has 178 valence electrons. The minimum Gasteiger partial charge on any atom is -0.354 e. The SMILES string of the molecule is CC(C)CCn1c(SCC(=O)NCCC#N)nnc1-c1cc(-c2ccccc2)nc2ccccc12. The molecule has 1 amide bonds. The average molecular weight is 485 g/mol. The number of amides is 1. The summed E-state index contributed by atoms with van der Waals surface area (Å²) in [7, 11) is 0. The largest absolute Gasteiger partial charge is 0.354 e. The first-order chi connectivity index (χ1) is 17.1. The number of thioether (sulfide) groups is 1. The van der Waals surface area contributed by atoms with E-state index in [1.165, 1.54) is 11.8 Å². The van der Waals surface area contributed by atoms with Crippen LogP contribution in [0.2, 0.25) is 0 Å². The predicted octanol–water partition coefficient (Wildman–Crippen LogP) is 5.33. The van der Waals surface area contributed by atoms with Gasteiger partial charge in [0.1, 0.15) is 0 Å². The van der Waals surface area contributed by atoms with E-state index in [9.17, 15) is 4.79 Å². The summed E-state index contributed by atoms with van der Waals surface area (Å²) in [4.78, 5) is 17.1. The van der Waals surface area contributed by atoms with Gasteiger partial charge < -0.3 is 9.88 Å². The molecule has 7 nitrogen and oxygen atoms in total. The second kappa shape index (κ2) is 11.6. The van der Waals surface area contributed by atoms with Crippen molar-refractivity contribution in [2.24, 2.45) is 5.92 Å². The molecular weight excluding hydrogens is 456 g/mol. The summed E-state index contributed by atoms with van der Waals surface area (Å²) >= 11 is 1.37. The summed E-state index contributed by atoms with van der Waals surface area (Å²) < 4.78 is 2.11. The Balaban J connectivity index is 1.74. The number of nitrogens with one attached hydrogen (secondary N) is 1. The molecule has 0 saturated carbocycles. The number of carbonyl (C=O) groups is 1. The normalized spacial score (nSPS) is 11.0. The lowest BCUT2D eigenvalue weighted by Crippen LogP contribution is -2.26. The first-order valence-corrected chi connectivity index (χ1v) is 12.7. The second-order valence-electron chi connectivity index (χ2n) is 8.63. The molecule has 0 aliphatic rings. The molecule has 8 heteroatoms. The van der Waals surface area contributed by atoms with E-state index < -0.39 is 0 Å². The lowest BCUT2D eigenvalue weighted by Gasteiger charge is -2.14. The van der Waals surface area contributed by atoms with E-state index in [0.717, 1.165) is 46.5 Å². The number of benzene rings is 2. The summed E-state index contributed by atoms with van der Waals surface area (Å²) in [6, 6.07) is 22.3. The molecule has 2 aromatic heterocycles. The number of fused-ring (bicyclic) bond motifs is 1. The number of nitriles is 1. The van der Waals surface area contributed by atoms with Gasteiger partial charge in [0, 0.05) is 29.6 Å². The molecule has 0 spiro atoms. The smallest absolute Gasteiger partial charge is 0.230 e. The topological polar surface area (TPSA) is 96.5 Å².